The highest BCUT2D eigenvalue weighted by Gasteiger charge is 2.36. The molecule has 4 rings (SSSR count). The second-order valence-electron chi connectivity index (χ2n) is 7.05. The van der Waals surface area contributed by atoms with Gasteiger partial charge in [0.2, 0.25) is 0 Å². The van der Waals surface area contributed by atoms with E-state index < -0.39 is 0 Å². The van der Waals surface area contributed by atoms with Crippen molar-refractivity contribution in [1.82, 2.24) is 10.2 Å². The third-order valence-corrected chi connectivity index (χ3v) is 5.06. The average molecular weight is 384 g/mol. The molecule has 0 radical (unpaired) electrons. The van der Waals surface area contributed by atoms with Gasteiger partial charge in [0.25, 0.3) is 17.7 Å². The molecule has 0 saturated heterocycles. The number of benzene rings is 3. The first kappa shape index (κ1) is 18.6. The third-order valence-electron chi connectivity index (χ3n) is 5.06. The lowest BCUT2D eigenvalue weighted by Crippen LogP contribution is -2.29. The molecule has 0 fully saturated rings. The monoisotopic (exact) mass is 384 g/mol. The summed E-state index contributed by atoms with van der Waals surface area (Å²) < 4.78 is 0. The number of hydrogen-bond donors (Lipinski definition) is 1. The van der Waals surface area contributed by atoms with Gasteiger partial charge in [-0.25, -0.2) is 0 Å². The maximum absolute atomic E-state index is 12.8. The highest BCUT2D eigenvalue weighted by molar-refractivity contribution is 6.22. The molecular formula is C24H20N2O3. The smallest absolute Gasteiger partial charge is 0.261 e. The maximum atomic E-state index is 12.8. The van der Waals surface area contributed by atoms with Crippen LogP contribution in [0, 0.1) is 0 Å². The molecular weight excluding hydrogens is 364 g/mol. The molecule has 1 N–H and O–H groups in total. The van der Waals surface area contributed by atoms with E-state index in [9.17, 15) is 14.4 Å². The zero-order valence-electron chi connectivity index (χ0n) is 16.0. The zero-order chi connectivity index (χ0) is 20.4. The number of nitrogens with zero attached hydrogens (tertiary/aromatic N) is 1. The number of nitrogens with one attached hydrogen (secondary N) is 1. The summed E-state index contributed by atoms with van der Waals surface area (Å²) in [6, 6.07) is 23.5. The van der Waals surface area contributed by atoms with Crippen molar-refractivity contribution in [2.75, 3.05) is 0 Å². The SMILES string of the molecule is C[C@@H](NC(=O)c1ccc2c(c1)C(=O)N(Cc1ccccc1)C2=O)c1ccccc1. The number of amides is 3. The highest BCUT2D eigenvalue weighted by atomic mass is 16.2. The predicted octanol–water partition coefficient (Wildman–Crippen LogP) is 3.97. The highest BCUT2D eigenvalue weighted by Crippen LogP contribution is 2.26. The van der Waals surface area contributed by atoms with Crippen LogP contribution in [-0.4, -0.2) is 22.6 Å². The second-order valence-corrected chi connectivity index (χ2v) is 7.05. The molecule has 0 aromatic heterocycles. The summed E-state index contributed by atoms with van der Waals surface area (Å²) in [5, 5.41) is 2.93. The van der Waals surface area contributed by atoms with Crippen molar-refractivity contribution in [2.45, 2.75) is 19.5 Å². The molecule has 3 aromatic carbocycles. The fraction of sp³-hybridized carbons (Fsp3) is 0.125. The van der Waals surface area contributed by atoms with Gasteiger partial charge in [-0.3, -0.25) is 19.3 Å². The summed E-state index contributed by atoms with van der Waals surface area (Å²) in [6.07, 6.45) is 0. The Morgan fingerprint density at radius 2 is 1.48 bits per heavy atom. The Bertz CT molecular complexity index is 1080. The van der Waals surface area contributed by atoms with Crippen molar-refractivity contribution < 1.29 is 14.4 Å². The van der Waals surface area contributed by atoms with E-state index in [0.717, 1.165) is 11.1 Å². The van der Waals surface area contributed by atoms with Gasteiger partial charge < -0.3 is 5.32 Å². The average Bonchev–Trinajstić information content (AvgIpc) is 2.99. The molecule has 1 atom stereocenters. The first-order valence-corrected chi connectivity index (χ1v) is 9.44. The molecule has 5 nitrogen and oxygen atoms in total. The van der Waals surface area contributed by atoms with E-state index in [1.807, 2.05) is 67.6 Å². The van der Waals surface area contributed by atoms with Gasteiger partial charge in [-0.2, -0.15) is 0 Å². The van der Waals surface area contributed by atoms with Crippen LogP contribution in [0.2, 0.25) is 0 Å². The van der Waals surface area contributed by atoms with Crippen molar-refractivity contribution in [3.8, 4) is 0 Å². The summed E-state index contributed by atoms with van der Waals surface area (Å²) >= 11 is 0. The number of carbonyl (C=O) groups is 3. The van der Waals surface area contributed by atoms with E-state index in [1.165, 1.54) is 11.0 Å². The molecule has 1 heterocycles. The minimum absolute atomic E-state index is 0.177. The molecule has 144 valence electrons. The van der Waals surface area contributed by atoms with E-state index in [0.29, 0.717) is 11.1 Å². The van der Waals surface area contributed by atoms with E-state index >= 15 is 0 Å². The summed E-state index contributed by atoms with van der Waals surface area (Å²) in [5.41, 5.74) is 2.82. The Labute approximate surface area is 169 Å². The molecule has 1 aliphatic heterocycles. The fourth-order valence-corrected chi connectivity index (χ4v) is 3.45. The normalized spacial score (nSPS) is 13.9. The minimum Gasteiger partial charge on any atom is -0.346 e. The maximum Gasteiger partial charge on any atom is 0.261 e. The van der Waals surface area contributed by atoms with Crippen LogP contribution in [0.3, 0.4) is 0 Å². The molecule has 0 unspecified atom stereocenters. The quantitative estimate of drug-likeness (QED) is 0.677. The topological polar surface area (TPSA) is 66.5 Å². The van der Waals surface area contributed by atoms with Crippen molar-refractivity contribution in [3.63, 3.8) is 0 Å². The van der Waals surface area contributed by atoms with Crippen LogP contribution >= 0.6 is 0 Å². The van der Waals surface area contributed by atoms with E-state index in [-0.39, 0.29) is 35.9 Å². The first-order chi connectivity index (χ1) is 14.0. The Kier molecular flexibility index (Phi) is 4.96. The lowest BCUT2D eigenvalue weighted by molar-refractivity contribution is 0.0642. The first-order valence-electron chi connectivity index (χ1n) is 9.44. The number of imide groups is 1. The van der Waals surface area contributed by atoms with E-state index in [1.54, 1.807) is 12.1 Å². The van der Waals surface area contributed by atoms with Crippen LogP contribution in [0.4, 0.5) is 0 Å². The van der Waals surface area contributed by atoms with Crippen LogP contribution in [0.5, 0.6) is 0 Å². The summed E-state index contributed by atoms with van der Waals surface area (Å²) in [7, 11) is 0. The molecule has 5 heteroatoms. The van der Waals surface area contributed by atoms with Crippen molar-refractivity contribution in [1.29, 1.82) is 0 Å². The molecule has 0 saturated carbocycles. The van der Waals surface area contributed by atoms with Gasteiger partial charge in [-0.05, 0) is 36.2 Å². The van der Waals surface area contributed by atoms with Crippen molar-refractivity contribution >= 4 is 17.7 Å². The summed E-state index contributed by atoms with van der Waals surface area (Å²) in [6.45, 7) is 2.11. The van der Waals surface area contributed by atoms with Crippen LogP contribution < -0.4 is 5.32 Å². The fourth-order valence-electron chi connectivity index (χ4n) is 3.45. The lowest BCUT2D eigenvalue weighted by atomic mass is 10.0. The Hall–Kier alpha value is -3.73. The minimum atomic E-state index is -0.375. The number of hydrogen-bond acceptors (Lipinski definition) is 3. The summed E-state index contributed by atoms with van der Waals surface area (Å²) in [5.74, 6) is -0.996. The van der Waals surface area contributed by atoms with Crippen molar-refractivity contribution in [2.24, 2.45) is 0 Å². The summed E-state index contributed by atoms with van der Waals surface area (Å²) in [4.78, 5) is 39.3. The van der Waals surface area contributed by atoms with Gasteiger partial charge in [-0.15, -0.1) is 0 Å². The van der Waals surface area contributed by atoms with Gasteiger partial charge in [0, 0.05) is 5.56 Å². The van der Waals surface area contributed by atoms with Gasteiger partial charge in [0.05, 0.1) is 23.7 Å². The van der Waals surface area contributed by atoms with Crippen LogP contribution in [0.1, 0.15) is 55.2 Å². The van der Waals surface area contributed by atoms with Gasteiger partial charge in [0.15, 0.2) is 0 Å². The van der Waals surface area contributed by atoms with Gasteiger partial charge >= 0.3 is 0 Å². The van der Waals surface area contributed by atoms with Gasteiger partial charge in [0.1, 0.15) is 0 Å². The van der Waals surface area contributed by atoms with Crippen LogP contribution in [0.15, 0.2) is 78.9 Å². The lowest BCUT2D eigenvalue weighted by Gasteiger charge is -2.14. The van der Waals surface area contributed by atoms with Crippen LogP contribution in [-0.2, 0) is 6.54 Å². The number of fused-ring (bicyclic) bond motifs is 1. The van der Waals surface area contributed by atoms with Gasteiger partial charge in [-0.1, -0.05) is 60.7 Å². The van der Waals surface area contributed by atoms with E-state index in [2.05, 4.69) is 5.32 Å². The standard InChI is InChI=1S/C24H20N2O3/c1-16(18-10-6-3-7-11-18)25-22(27)19-12-13-20-21(14-19)24(29)26(23(20)28)15-17-8-4-2-5-9-17/h2-14,16H,15H2,1H3,(H,25,27)/t16-/m1/s1. The predicted molar refractivity (Wildman–Crippen MR) is 109 cm³/mol. The number of carbonyl (C=O) groups excluding carboxylic acids is 3. The molecule has 0 spiro atoms. The molecule has 3 aromatic rings. The molecule has 3 amide bonds. The third kappa shape index (κ3) is 3.67. The van der Waals surface area contributed by atoms with E-state index in [4.69, 9.17) is 0 Å². The molecule has 0 bridgehead atoms. The molecule has 0 aliphatic carbocycles. The molecule has 1 aliphatic rings. The number of rotatable bonds is 5. The van der Waals surface area contributed by atoms with Crippen LogP contribution in [0.25, 0.3) is 0 Å². The van der Waals surface area contributed by atoms with Crippen molar-refractivity contribution in [3.05, 3.63) is 107 Å². The largest absolute Gasteiger partial charge is 0.346 e. The Morgan fingerprint density at radius 3 is 2.17 bits per heavy atom. The Morgan fingerprint density at radius 1 is 0.862 bits per heavy atom. The Balaban J connectivity index is 1.53. The molecule has 29 heavy (non-hydrogen) atoms. The zero-order valence-corrected chi connectivity index (χ0v) is 16.0. The second kappa shape index (κ2) is 7.72.